The van der Waals surface area contributed by atoms with E-state index >= 15 is 0 Å². The first kappa shape index (κ1) is 103. The second kappa shape index (κ2) is 86.3. The van der Waals surface area contributed by atoms with E-state index in [9.17, 15) is 14.4 Å². The predicted octanol–water partition coefficient (Wildman–Crippen LogP) is 30.1. The Morgan fingerprint density at radius 3 is 0.438 bits per heavy atom. The topological polar surface area (TPSA) is 88.6 Å². The van der Waals surface area contributed by atoms with Crippen molar-refractivity contribution in [1.29, 1.82) is 0 Å². The molecule has 9 nitrogen and oxygen atoms in total. The Kier molecular flexibility index (Phi) is 84.9. The van der Waals surface area contributed by atoms with Gasteiger partial charge >= 0.3 is 17.9 Å². The van der Waals surface area contributed by atoms with Gasteiger partial charge in [-0.3, -0.25) is 14.4 Å². The van der Waals surface area contributed by atoms with Gasteiger partial charge in [-0.05, 0) is 142 Å². The van der Waals surface area contributed by atoms with Crippen LogP contribution in [0.4, 0.5) is 0 Å². The molecular formula is C96H191N3O6. The second-order valence-electron chi connectivity index (χ2n) is 33.9. The van der Waals surface area contributed by atoms with Crippen LogP contribution in [-0.4, -0.2) is 111 Å². The fourth-order valence-electron chi connectivity index (χ4n) is 15.6. The number of unbranched alkanes of at least 4 members (excludes halogenated alkanes) is 60. The summed E-state index contributed by atoms with van der Waals surface area (Å²) in [5.74, 6) is -0.614. The van der Waals surface area contributed by atoms with Crippen molar-refractivity contribution in [2.24, 2.45) is 5.41 Å². The molecule has 0 N–H and O–H groups in total. The Morgan fingerprint density at radius 1 is 0.181 bits per heavy atom. The summed E-state index contributed by atoms with van der Waals surface area (Å²) < 4.78 is 18.4. The van der Waals surface area contributed by atoms with Gasteiger partial charge in [0.05, 0.1) is 5.41 Å². The van der Waals surface area contributed by atoms with Crippen molar-refractivity contribution in [2.75, 3.05) is 78.7 Å². The van der Waals surface area contributed by atoms with Crippen LogP contribution in [0.25, 0.3) is 0 Å². The van der Waals surface area contributed by atoms with Gasteiger partial charge in [-0.25, -0.2) is 0 Å². The largest absolute Gasteiger partial charge is 0.465 e. The van der Waals surface area contributed by atoms with E-state index in [2.05, 4.69) is 63.2 Å². The summed E-state index contributed by atoms with van der Waals surface area (Å²) in [6, 6.07) is 0. The van der Waals surface area contributed by atoms with Crippen LogP contribution in [-0.2, 0) is 28.6 Å². The Bertz CT molecular complexity index is 1450. The number of nitrogens with zero attached hydrogens (tertiary/aromatic N) is 3. The summed E-state index contributed by atoms with van der Waals surface area (Å²) in [4.78, 5) is 49.1. The van der Waals surface area contributed by atoms with Crippen LogP contribution >= 0.6 is 0 Å². The van der Waals surface area contributed by atoms with E-state index in [1.807, 2.05) is 0 Å². The quantitative estimate of drug-likeness (QED) is 0.0336. The molecule has 0 bridgehead atoms. The first-order valence-electron chi connectivity index (χ1n) is 48.4. The third-order valence-corrected chi connectivity index (χ3v) is 23.4. The zero-order valence-corrected chi connectivity index (χ0v) is 72.9. The molecule has 9 heteroatoms. The minimum absolute atomic E-state index is 0.0796. The van der Waals surface area contributed by atoms with Crippen molar-refractivity contribution in [3.63, 3.8) is 0 Å². The van der Waals surface area contributed by atoms with Crippen molar-refractivity contribution >= 4 is 17.9 Å². The average Bonchev–Trinajstić information content (AvgIpc) is 0.881. The molecule has 626 valence electrons. The highest BCUT2D eigenvalue weighted by Gasteiger charge is 2.34. The highest BCUT2D eigenvalue weighted by molar-refractivity contribution is 5.70. The summed E-state index contributed by atoms with van der Waals surface area (Å²) in [5, 5.41) is 0. The van der Waals surface area contributed by atoms with Crippen molar-refractivity contribution in [1.82, 2.24) is 14.7 Å². The summed E-state index contributed by atoms with van der Waals surface area (Å²) in [7, 11) is 0. The maximum Gasteiger partial charge on any atom is 0.305 e. The molecule has 0 saturated carbocycles. The minimum Gasteiger partial charge on any atom is -0.465 e. The van der Waals surface area contributed by atoms with Gasteiger partial charge in [-0.15, -0.1) is 0 Å². The summed E-state index contributed by atoms with van der Waals surface area (Å²) in [6.07, 6.45) is 92.5. The molecule has 0 aromatic rings. The third kappa shape index (κ3) is 77.4. The molecule has 0 heterocycles. The van der Waals surface area contributed by atoms with Crippen LogP contribution in [0, 0.1) is 5.41 Å². The number of hydrogen-bond donors (Lipinski definition) is 0. The number of carbonyl (C=O) groups is 3. The lowest BCUT2D eigenvalue weighted by Crippen LogP contribution is -2.39. The molecule has 0 rings (SSSR count). The molecule has 0 atom stereocenters. The SMILES string of the molecule is CCCCCCCCCCCCN(CCCCCCCCCCCC)CCCCCC(=O)OCC(CC)(COC(=O)CCCCCN(CCCCCCCCCCCC)CCCCCCCCCCCC)COC(=O)CCCCCN(CCCCCCCCCCCC)CCCCCCCCCCCC. The highest BCUT2D eigenvalue weighted by Crippen LogP contribution is 2.27. The van der Waals surface area contributed by atoms with Crippen molar-refractivity contribution < 1.29 is 28.6 Å². The fraction of sp³-hybridized carbons (Fsp3) is 0.969. The number of hydrogen-bond acceptors (Lipinski definition) is 9. The lowest BCUT2D eigenvalue weighted by atomic mass is 9.88. The average molecular weight is 1480 g/mol. The molecule has 0 spiro atoms. The standard InChI is InChI=1S/C96H191N3O6/c1-8-15-21-27-33-39-45-51-57-69-81-97(82-70-58-52-46-40-34-28-22-16-9-2)87-75-63-66-78-93(100)103-90-96(14-7,91-104-94(101)79-67-64-76-88-98(83-71-59-53-47-41-35-29-23-17-10-3)84-72-60-54-48-42-36-30-24-18-11-4)92-105-95(102)80-68-65-77-89-99(85-73-61-55-49-43-37-31-25-19-12-5)86-74-62-56-50-44-38-32-26-20-13-6/h8-92H2,1-7H3. The highest BCUT2D eigenvalue weighted by atomic mass is 16.6. The molecule has 0 aliphatic rings. The summed E-state index contributed by atoms with van der Waals surface area (Å²) in [6.45, 7) is 26.6. The Balaban J connectivity index is 5.78. The number of carbonyl (C=O) groups excluding carboxylic acids is 3. The molecule has 0 unspecified atom stereocenters. The number of esters is 3. The summed E-state index contributed by atoms with van der Waals surface area (Å²) in [5.41, 5.74) is -0.793. The molecule has 0 radical (unpaired) electrons. The lowest BCUT2D eigenvalue weighted by Gasteiger charge is -2.31. The maximum absolute atomic E-state index is 13.7. The van der Waals surface area contributed by atoms with Crippen LogP contribution in [0.3, 0.4) is 0 Å². The second-order valence-corrected chi connectivity index (χ2v) is 33.9. The van der Waals surface area contributed by atoms with Gasteiger partial charge in [0.1, 0.15) is 19.8 Å². The van der Waals surface area contributed by atoms with E-state index < -0.39 is 5.41 Å². The normalized spacial score (nSPS) is 11.9. The van der Waals surface area contributed by atoms with E-state index in [0.29, 0.717) is 25.7 Å². The molecule has 0 amide bonds. The van der Waals surface area contributed by atoms with E-state index in [4.69, 9.17) is 14.2 Å². The van der Waals surface area contributed by atoms with Gasteiger partial charge in [0, 0.05) is 19.3 Å². The van der Waals surface area contributed by atoms with Crippen LogP contribution < -0.4 is 0 Å². The van der Waals surface area contributed by atoms with E-state index in [1.54, 1.807) is 0 Å². The Labute approximate surface area is 659 Å². The predicted molar refractivity (Wildman–Crippen MR) is 461 cm³/mol. The van der Waals surface area contributed by atoms with Crippen LogP contribution in [0.1, 0.15) is 517 Å². The Morgan fingerprint density at radius 2 is 0.305 bits per heavy atom. The van der Waals surface area contributed by atoms with Crippen molar-refractivity contribution in [3.8, 4) is 0 Å². The van der Waals surface area contributed by atoms with Crippen LogP contribution in [0.5, 0.6) is 0 Å². The molecule has 0 aliphatic heterocycles. The van der Waals surface area contributed by atoms with Crippen molar-refractivity contribution in [2.45, 2.75) is 517 Å². The summed E-state index contributed by atoms with van der Waals surface area (Å²) >= 11 is 0. The lowest BCUT2D eigenvalue weighted by molar-refractivity contribution is -0.162. The van der Waals surface area contributed by atoms with Crippen LogP contribution in [0.2, 0.25) is 0 Å². The minimum atomic E-state index is -0.793. The van der Waals surface area contributed by atoms with E-state index in [1.165, 1.54) is 425 Å². The number of rotatable bonds is 91. The molecular weight excluding hydrogens is 1290 g/mol. The van der Waals surface area contributed by atoms with Gasteiger partial charge in [-0.1, -0.05) is 414 Å². The smallest absolute Gasteiger partial charge is 0.305 e. The van der Waals surface area contributed by atoms with E-state index in [-0.39, 0.29) is 37.7 Å². The molecule has 0 aliphatic carbocycles. The van der Waals surface area contributed by atoms with Gasteiger partial charge in [0.25, 0.3) is 0 Å². The molecule has 105 heavy (non-hydrogen) atoms. The maximum atomic E-state index is 13.7. The van der Waals surface area contributed by atoms with Gasteiger partial charge in [-0.2, -0.15) is 0 Å². The molecule has 0 saturated heterocycles. The Hall–Kier alpha value is -1.71. The first-order chi connectivity index (χ1) is 51.7. The zero-order chi connectivity index (χ0) is 76.2. The monoisotopic (exact) mass is 1480 g/mol. The molecule has 0 aromatic carbocycles. The van der Waals surface area contributed by atoms with Gasteiger partial charge in [0.2, 0.25) is 0 Å². The van der Waals surface area contributed by atoms with Crippen molar-refractivity contribution in [3.05, 3.63) is 0 Å². The fourth-order valence-corrected chi connectivity index (χ4v) is 15.6. The van der Waals surface area contributed by atoms with Gasteiger partial charge in [0.15, 0.2) is 0 Å². The van der Waals surface area contributed by atoms with Gasteiger partial charge < -0.3 is 28.9 Å². The zero-order valence-electron chi connectivity index (χ0n) is 72.9. The third-order valence-electron chi connectivity index (χ3n) is 23.4. The van der Waals surface area contributed by atoms with E-state index in [0.717, 1.165) is 77.4 Å². The molecule has 0 aromatic heterocycles. The van der Waals surface area contributed by atoms with Crippen LogP contribution in [0.15, 0.2) is 0 Å². The first-order valence-corrected chi connectivity index (χ1v) is 48.4. The number of ether oxygens (including phenoxy) is 3. The molecule has 0 fully saturated rings.